The molecule has 0 spiro atoms. The summed E-state index contributed by atoms with van der Waals surface area (Å²) < 4.78 is 39.1. The Morgan fingerprint density at radius 2 is 0.815 bits per heavy atom. The van der Waals surface area contributed by atoms with Crippen molar-refractivity contribution in [1.82, 2.24) is 0 Å². The van der Waals surface area contributed by atoms with E-state index in [0.717, 1.165) is 0 Å². The minimum Gasteiger partial charge on any atom is -0.504 e. The zero-order chi connectivity index (χ0) is 46.8. The number of aliphatic hydroxyl groups is 1. The molecule has 0 aromatic heterocycles. The van der Waals surface area contributed by atoms with Crippen LogP contribution in [-0.2, 0) is 23.7 Å². The SMILES string of the molecule is O=C1O[C@@H]2[C@@H](OC(=O)c3cc(O)c(O)c(O)c3-c3c1cc(O)c(O)c3O)[C@H](O)O[C@@H]1COC(=O)c3cc(O)c4c(c3-c3c(cc(O)c(O)c3O)C(=O)O[C@@H]21)Oc1cc(O)c(O)c(O)c1O4. The first-order valence-corrected chi connectivity index (χ1v) is 18.2. The van der Waals surface area contributed by atoms with E-state index in [4.69, 9.17) is 33.2 Å². The van der Waals surface area contributed by atoms with Crippen molar-refractivity contribution in [2.24, 2.45) is 0 Å². The second-order valence-corrected chi connectivity index (χ2v) is 14.4. The van der Waals surface area contributed by atoms with Crippen LogP contribution in [0.4, 0.5) is 0 Å². The zero-order valence-corrected chi connectivity index (χ0v) is 31.7. The van der Waals surface area contributed by atoms with Gasteiger partial charge in [-0.3, -0.25) is 0 Å². The van der Waals surface area contributed by atoms with Gasteiger partial charge in [-0.05, 0) is 24.3 Å². The number of aliphatic hydroxyl groups excluding tert-OH is 1. The molecule has 5 atom stereocenters. The summed E-state index contributed by atoms with van der Waals surface area (Å²) in [5, 5.41) is 150. The normalized spacial score (nSPS) is 20.8. The van der Waals surface area contributed by atoms with E-state index in [2.05, 4.69) is 0 Å². The van der Waals surface area contributed by atoms with Crippen molar-refractivity contribution in [2.75, 3.05) is 6.61 Å². The quantitative estimate of drug-likeness (QED) is 0.0590. The monoisotopic (exact) mass is 906 g/mol. The van der Waals surface area contributed by atoms with E-state index in [1.165, 1.54) is 0 Å². The smallest absolute Gasteiger partial charge is 0.339 e. The number of carbonyl (C=O) groups is 4. The van der Waals surface area contributed by atoms with Crippen molar-refractivity contribution < 1.29 is 124 Å². The molecule has 0 unspecified atom stereocenters. The van der Waals surface area contributed by atoms with Gasteiger partial charge in [0.2, 0.25) is 40.2 Å². The number of rotatable bonds is 0. The van der Waals surface area contributed by atoms with Crippen LogP contribution < -0.4 is 9.47 Å². The van der Waals surface area contributed by atoms with Crippen molar-refractivity contribution in [2.45, 2.75) is 30.7 Å². The summed E-state index contributed by atoms with van der Waals surface area (Å²) in [6, 6.07) is 2.80. The summed E-state index contributed by atoms with van der Waals surface area (Å²) >= 11 is 0. The molecule has 0 radical (unpaired) electrons. The maximum atomic E-state index is 14.5. The van der Waals surface area contributed by atoms with Crippen LogP contribution in [0.5, 0.6) is 97.7 Å². The average Bonchev–Trinajstić information content (AvgIpc) is 3.27. The molecule has 25 nitrogen and oxygen atoms in total. The fourth-order valence-electron chi connectivity index (χ4n) is 7.63. The number of benzene rings is 5. The van der Waals surface area contributed by atoms with Crippen molar-refractivity contribution in [3.05, 3.63) is 52.6 Å². The van der Waals surface area contributed by atoms with E-state index in [1.807, 2.05) is 0 Å². The highest BCUT2D eigenvalue weighted by atomic mass is 16.7. The van der Waals surface area contributed by atoms with Gasteiger partial charge < -0.3 is 105 Å². The van der Waals surface area contributed by atoms with Crippen LogP contribution in [0.1, 0.15) is 41.4 Å². The molecule has 9 rings (SSSR count). The van der Waals surface area contributed by atoms with Crippen LogP contribution >= 0.6 is 0 Å². The molecular formula is C40H26O25. The summed E-state index contributed by atoms with van der Waals surface area (Å²) in [5.41, 5.74) is -7.53. The van der Waals surface area contributed by atoms with Gasteiger partial charge in [-0.2, -0.15) is 0 Å². The predicted octanol–water partition coefficient (Wildman–Crippen LogP) is 2.27. The van der Waals surface area contributed by atoms with Gasteiger partial charge in [0, 0.05) is 28.3 Å². The summed E-state index contributed by atoms with van der Waals surface area (Å²) in [4.78, 5) is 56.8. The Hall–Kier alpha value is -9.10. The third-order valence-corrected chi connectivity index (χ3v) is 10.7. The summed E-state index contributed by atoms with van der Waals surface area (Å²) in [7, 11) is 0. The fourth-order valence-corrected chi connectivity index (χ4v) is 7.63. The number of fused-ring (bicyclic) bond motifs is 12. The molecule has 4 aliphatic heterocycles. The Labute approximate surface area is 357 Å². The molecule has 14 N–H and O–H groups in total. The Morgan fingerprint density at radius 1 is 0.400 bits per heavy atom. The third kappa shape index (κ3) is 6.01. The first-order valence-electron chi connectivity index (χ1n) is 18.2. The van der Waals surface area contributed by atoms with Crippen LogP contribution in [0, 0.1) is 0 Å². The van der Waals surface area contributed by atoms with Gasteiger partial charge in [-0.1, -0.05) is 0 Å². The van der Waals surface area contributed by atoms with E-state index in [9.17, 15) is 90.7 Å². The van der Waals surface area contributed by atoms with Crippen molar-refractivity contribution in [3.63, 3.8) is 0 Å². The Morgan fingerprint density at radius 3 is 1.34 bits per heavy atom. The van der Waals surface area contributed by atoms with Crippen LogP contribution in [0.25, 0.3) is 22.3 Å². The molecule has 4 heterocycles. The average molecular weight is 907 g/mol. The number of phenols is 13. The van der Waals surface area contributed by atoms with Gasteiger partial charge in [0.25, 0.3) is 0 Å². The molecule has 65 heavy (non-hydrogen) atoms. The van der Waals surface area contributed by atoms with E-state index in [-0.39, 0.29) is 0 Å². The number of aromatic hydroxyl groups is 13. The first kappa shape index (κ1) is 41.3. The minimum absolute atomic E-state index is 0.470. The number of cyclic esters (lactones) is 1. The maximum absolute atomic E-state index is 14.5. The Kier molecular flexibility index (Phi) is 9.03. The molecule has 0 bridgehead atoms. The third-order valence-electron chi connectivity index (χ3n) is 10.7. The lowest BCUT2D eigenvalue weighted by Gasteiger charge is -2.43. The van der Waals surface area contributed by atoms with Gasteiger partial charge in [-0.15, -0.1) is 0 Å². The Bertz CT molecular complexity index is 3010. The topological polar surface area (TPSA) is 416 Å². The number of phenolic OH excluding ortho intramolecular Hbond substituents is 13. The highest BCUT2D eigenvalue weighted by Gasteiger charge is 2.54. The highest BCUT2D eigenvalue weighted by molar-refractivity contribution is 6.10. The summed E-state index contributed by atoms with van der Waals surface area (Å²) in [6.07, 6.45) is -11.3. The number of hydrogen-bond donors (Lipinski definition) is 14. The Balaban J connectivity index is 1.23. The van der Waals surface area contributed by atoms with E-state index >= 15 is 0 Å². The second-order valence-electron chi connectivity index (χ2n) is 14.4. The lowest BCUT2D eigenvalue weighted by molar-refractivity contribution is -0.284. The van der Waals surface area contributed by atoms with E-state index in [1.54, 1.807) is 0 Å². The molecule has 5 aromatic carbocycles. The van der Waals surface area contributed by atoms with Crippen LogP contribution in [0.3, 0.4) is 0 Å². The molecule has 0 amide bonds. The van der Waals surface area contributed by atoms with Gasteiger partial charge in [0.1, 0.15) is 12.7 Å². The predicted molar refractivity (Wildman–Crippen MR) is 201 cm³/mol. The molecule has 0 aliphatic carbocycles. The number of hydrogen-bond acceptors (Lipinski definition) is 25. The molecule has 4 aliphatic rings. The fraction of sp³-hybridized carbons (Fsp3) is 0.150. The lowest BCUT2D eigenvalue weighted by atomic mass is 9.91. The standard InChI is InChI=1S/C40H26O25/c41-11-1-7-18(26(50)22(11)46)19-8(2-12(42)23(47)27(19)51)39(57)65-35-34(64-38(7)56)32-17(61-40(35)58)6-59-36(54)10-4-15(45)30-33(60-16-5-14(44)25(49)29(53)31(16)62-30)21(10)20-9(37(55)63-32)3-13(43)24(48)28(20)52/h1-5,17,32,34-35,40-53,58H,6H2/t17-,32-,34+,35-,40-/m1/s1. The minimum atomic E-state index is -2.44. The van der Waals surface area contributed by atoms with E-state index in [0.29, 0.717) is 30.3 Å². The van der Waals surface area contributed by atoms with Gasteiger partial charge in [0.05, 0.1) is 22.3 Å². The molecule has 1 saturated heterocycles. The maximum Gasteiger partial charge on any atom is 0.339 e. The summed E-state index contributed by atoms with van der Waals surface area (Å²) in [5.74, 6) is -25.3. The molecule has 0 saturated carbocycles. The molecule has 5 aromatic rings. The van der Waals surface area contributed by atoms with Gasteiger partial charge in [-0.25, -0.2) is 19.2 Å². The highest BCUT2D eigenvalue weighted by Crippen LogP contribution is 2.62. The number of ether oxygens (including phenoxy) is 7. The number of carbonyl (C=O) groups excluding carboxylic acids is 4. The second kappa shape index (κ2) is 14.2. The molecular weight excluding hydrogens is 880 g/mol. The zero-order valence-electron chi connectivity index (χ0n) is 31.7. The van der Waals surface area contributed by atoms with Crippen molar-refractivity contribution >= 4 is 23.9 Å². The summed E-state index contributed by atoms with van der Waals surface area (Å²) in [6.45, 7) is -1.12. The van der Waals surface area contributed by atoms with Gasteiger partial charge >= 0.3 is 23.9 Å². The first-order chi connectivity index (χ1) is 30.7. The van der Waals surface area contributed by atoms with E-state index < -0.39 is 203 Å². The van der Waals surface area contributed by atoms with Crippen molar-refractivity contribution in [3.8, 4) is 120 Å². The van der Waals surface area contributed by atoms with Crippen LogP contribution in [-0.4, -0.2) is 133 Å². The van der Waals surface area contributed by atoms with Crippen LogP contribution in [0.15, 0.2) is 30.3 Å². The molecule has 1 fully saturated rings. The van der Waals surface area contributed by atoms with Crippen LogP contribution in [0.2, 0.25) is 0 Å². The molecule has 336 valence electrons. The number of esters is 4. The van der Waals surface area contributed by atoms with Gasteiger partial charge in [0.15, 0.2) is 82.1 Å². The lowest BCUT2D eigenvalue weighted by Crippen LogP contribution is -2.62. The van der Waals surface area contributed by atoms with Crippen molar-refractivity contribution in [1.29, 1.82) is 0 Å². The largest absolute Gasteiger partial charge is 0.504 e. The molecule has 25 heteroatoms.